The maximum Gasteiger partial charge on any atom is 0.338 e. The van der Waals surface area contributed by atoms with E-state index in [1.165, 1.54) is 24.3 Å². The Kier molecular flexibility index (Phi) is 2.28. The third-order valence-electron chi connectivity index (χ3n) is 1.96. The summed E-state index contributed by atoms with van der Waals surface area (Å²) in [4.78, 5) is 14.5. The van der Waals surface area contributed by atoms with E-state index >= 15 is 0 Å². The number of halogens is 2. The first-order valence-electron chi connectivity index (χ1n) is 4.07. The molecule has 0 radical (unpaired) electrons. The minimum Gasteiger partial charge on any atom is -0.478 e. The smallest absolute Gasteiger partial charge is 0.338 e. The summed E-state index contributed by atoms with van der Waals surface area (Å²) < 4.78 is 12.8. The van der Waals surface area contributed by atoms with Gasteiger partial charge in [-0.25, -0.2) is 14.2 Å². The van der Waals surface area contributed by atoms with E-state index in [2.05, 4.69) is 4.98 Å². The minimum absolute atomic E-state index is 0.0872. The Labute approximate surface area is 89.1 Å². The molecule has 1 aromatic heterocycles. The normalized spacial score (nSPS) is 10.5. The molecule has 0 amide bonds. The van der Waals surface area contributed by atoms with E-state index in [-0.39, 0.29) is 10.7 Å². The Hall–Kier alpha value is -1.68. The number of rotatable bonds is 1. The number of aromatic nitrogens is 1. The molecule has 15 heavy (non-hydrogen) atoms. The summed E-state index contributed by atoms with van der Waals surface area (Å²) in [6.07, 6.45) is 0. The van der Waals surface area contributed by atoms with Crippen LogP contribution in [-0.4, -0.2) is 16.1 Å². The fourth-order valence-electron chi connectivity index (χ4n) is 1.27. The zero-order chi connectivity index (χ0) is 11.0. The fourth-order valence-corrected chi connectivity index (χ4v) is 1.49. The average Bonchev–Trinajstić information content (AvgIpc) is 2.15. The van der Waals surface area contributed by atoms with Gasteiger partial charge in [-0.3, -0.25) is 0 Å². The van der Waals surface area contributed by atoms with Gasteiger partial charge in [0.05, 0.1) is 11.1 Å². The number of fused-ring (bicyclic) bond motifs is 1. The van der Waals surface area contributed by atoms with Crippen molar-refractivity contribution in [1.29, 1.82) is 0 Å². The van der Waals surface area contributed by atoms with Crippen LogP contribution in [0.25, 0.3) is 10.9 Å². The molecule has 0 spiro atoms. The third kappa shape index (κ3) is 1.76. The highest BCUT2D eigenvalue weighted by Gasteiger charge is 2.11. The van der Waals surface area contributed by atoms with Gasteiger partial charge < -0.3 is 5.11 Å². The molecule has 0 unspecified atom stereocenters. The van der Waals surface area contributed by atoms with Crippen LogP contribution in [0.4, 0.5) is 4.39 Å². The Morgan fingerprint density at radius 3 is 2.80 bits per heavy atom. The summed E-state index contributed by atoms with van der Waals surface area (Å²) in [5.74, 6) is -1.59. The molecule has 0 saturated heterocycles. The molecule has 0 atom stereocenters. The van der Waals surface area contributed by atoms with Crippen molar-refractivity contribution in [2.75, 3.05) is 0 Å². The van der Waals surface area contributed by atoms with Crippen molar-refractivity contribution in [3.63, 3.8) is 0 Å². The monoisotopic (exact) mass is 225 g/mol. The molecule has 0 aliphatic rings. The number of hydrogen-bond acceptors (Lipinski definition) is 2. The fraction of sp³-hybridized carbons (Fsp3) is 0. The van der Waals surface area contributed by atoms with E-state index in [4.69, 9.17) is 16.7 Å². The van der Waals surface area contributed by atoms with Crippen LogP contribution < -0.4 is 0 Å². The van der Waals surface area contributed by atoms with Gasteiger partial charge in [-0.2, -0.15) is 0 Å². The average molecular weight is 226 g/mol. The highest BCUT2D eigenvalue weighted by atomic mass is 35.5. The highest BCUT2D eigenvalue weighted by molar-refractivity contribution is 6.32. The van der Waals surface area contributed by atoms with Gasteiger partial charge >= 0.3 is 5.97 Å². The lowest BCUT2D eigenvalue weighted by Crippen LogP contribution is -1.99. The predicted molar refractivity (Wildman–Crippen MR) is 53.7 cm³/mol. The summed E-state index contributed by atoms with van der Waals surface area (Å²) >= 11 is 5.64. The van der Waals surface area contributed by atoms with Gasteiger partial charge in [0.25, 0.3) is 0 Å². The van der Waals surface area contributed by atoms with E-state index in [0.29, 0.717) is 10.9 Å². The molecule has 0 aliphatic heterocycles. The second kappa shape index (κ2) is 3.47. The van der Waals surface area contributed by atoms with Crippen LogP contribution in [0, 0.1) is 5.82 Å². The quantitative estimate of drug-likeness (QED) is 0.760. The van der Waals surface area contributed by atoms with Crippen LogP contribution in [0.15, 0.2) is 24.3 Å². The van der Waals surface area contributed by atoms with Crippen molar-refractivity contribution in [2.45, 2.75) is 0 Å². The Morgan fingerprint density at radius 1 is 1.40 bits per heavy atom. The Bertz CT molecular complexity index is 556. The molecule has 2 rings (SSSR count). The van der Waals surface area contributed by atoms with Gasteiger partial charge in [-0.1, -0.05) is 11.6 Å². The molecule has 0 saturated carbocycles. The maximum absolute atomic E-state index is 12.8. The molecule has 1 heterocycles. The molecular weight excluding hydrogens is 221 g/mol. The second-order valence-corrected chi connectivity index (χ2v) is 3.33. The standard InChI is InChI=1S/C10H5ClFNO2/c11-9-7(10(14)15)3-5-1-2-6(12)4-8(5)13-9/h1-4H,(H,14,15). The van der Waals surface area contributed by atoms with Crippen molar-refractivity contribution in [2.24, 2.45) is 0 Å². The number of nitrogens with zero attached hydrogens (tertiary/aromatic N) is 1. The van der Waals surface area contributed by atoms with E-state index in [1.807, 2.05) is 0 Å². The first-order valence-corrected chi connectivity index (χ1v) is 4.45. The highest BCUT2D eigenvalue weighted by Crippen LogP contribution is 2.21. The van der Waals surface area contributed by atoms with Gasteiger partial charge in [0, 0.05) is 11.5 Å². The number of carboxylic acids is 1. The molecule has 5 heteroatoms. The van der Waals surface area contributed by atoms with Crippen LogP contribution in [0.5, 0.6) is 0 Å². The minimum atomic E-state index is -1.15. The summed E-state index contributed by atoms with van der Waals surface area (Å²) in [7, 11) is 0. The first-order chi connectivity index (χ1) is 7.08. The van der Waals surface area contributed by atoms with Gasteiger partial charge in [-0.15, -0.1) is 0 Å². The van der Waals surface area contributed by atoms with E-state index < -0.39 is 11.8 Å². The Morgan fingerprint density at radius 2 is 2.13 bits per heavy atom. The molecule has 0 bridgehead atoms. The number of carboxylic acid groups (broad SMARTS) is 1. The first kappa shape index (κ1) is 9.86. The summed E-state index contributed by atoms with van der Waals surface area (Å²) in [5, 5.41) is 9.18. The van der Waals surface area contributed by atoms with Gasteiger partial charge in [0.15, 0.2) is 0 Å². The van der Waals surface area contributed by atoms with Crippen molar-refractivity contribution in [3.05, 3.63) is 40.8 Å². The molecule has 1 N–H and O–H groups in total. The maximum atomic E-state index is 12.8. The van der Waals surface area contributed by atoms with Crippen LogP contribution in [0.2, 0.25) is 5.15 Å². The molecule has 0 aliphatic carbocycles. The molecule has 2 aromatic rings. The van der Waals surface area contributed by atoms with Crippen LogP contribution in [0.3, 0.4) is 0 Å². The number of pyridine rings is 1. The van der Waals surface area contributed by atoms with Crippen LogP contribution >= 0.6 is 11.6 Å². The van der Waals surface area contributed by atoms with E-state index in [9.17, 15) is 9.18 Å². The number of aromatic carboxylic acids is 1. The number of benzene rings is 1. The van der Waals surface area contributed by atoms with E-state index in [1.54, 1.807) is 0 Å². The van der Waals surface area contributed by atoms with Gasteiger partial charge in [0.1, 0.15) is 11.0 Å². The van der Waals surface area contributed by atoms with Gasteiger partial charge in [-0.05, 0) is 18.2 Å². The molecule has 0 fully saturated rings. The molecule has 1 aromatic carbocycles. The summed E-state index contributed by atoms with van der Waals surface area (Å²) in [6.45, 7) is 0. The third-order valence-corrected chi connectivity index (χ3v) is 2.25. The zero-order valence-corrected chi connectivity index (χ0v) is 8.12. The summed E-state index contributed by atoms with van der Waals surface area (Å²) in [6, 6.07) is 5.27. The number of hydrogen-bond donors (Lipinski definition) is 1. The lowest BCUT2D eigenvalue weighted by Gasteiger charge is -2.01. The SMILES string of the molecule is O=C(O)c1cc2ccc(F)cc2nc1Cl. The largest absolute Gasteiger partial charge is 0.478 e. The molecule has 3 nitrogen and oxygen atoms in total. The molecule has 76 valence electrons. The lowest BCUT2D eigenvalue weighted by molar-refractivity contribution is 0.0697. The molecular formula is C10H5ClFNO2. The van der Waals surface area contributed by atoms with Crippen molar-refractivity contribution >= 4 is 28.5 Å². The summed E-state index contributed by atoms with van der Waals surface area (Å²) in [5.41, 5.74) is 0.251. The topological polar surface area (TPSA) is 50.2 Å². The van der Waals surface area contributed by atoms with Crippen molar-refractivity contribution < 1.29 is 14.3 Å². The van der Waals surface area contributed by atoms with Crippen molar-refractivity contribution in [3.8, 4) is 0 Å². The Balaban J connectivity index is 2.76. The van der Waals surface area contributed by atoms with Crippen LogP contribution in [-0.2, 0) is 0 Å². The van der Waals surface area contributed by atoms with Crippen molar-refractivity contribution in [1.82, 2.24) is 4.98 Å². The second-order valence-electron chi connectivity index (χ2n) is 2.97. The number of carbonyl (C=O) groups is 1. The zero-order valence-electron chi connectivity index (χ0n) is 7.37. The van der Waals surface area contributed by atoms with Gasteiger partial charge in [0.2, 0.25) is 0 Å². The predicted octanol–water partition coefficient (Wildman–Crippen LogP) is 2.73. The lowest BCUT2D eigenvalue weighted by atomic mass is 10.1. The van der Waals surface area contributed by atoms with E-state index in [0.717, 1.165) is 0 Å². The van der Waals surface area contributed by atoms with Crippen LogP contribution in [0.1, 0.15) is 10.4 Å².